The molecule has 5 N–H and O–H groups in total. The highest BCUT2D eigenvalue weighted by atomic mass is 16.3. The fraction of sp³-hybridized carbons (Fsp3) is 0.500. The first-order valence-corrected chi connectivity index (χ1v) is 7.92. The second-order valence-corrected chi connectivity index (χ2v) is 5.47. The fourth-order valence-corrected chi connectivity index (χ4v) is 2.43. The van der Waals surface area contributed by atoms with E-state index in [1.807, 2.05) is 0 Å². The number of benzene rings is 1. The molecule has 0 unspecified atom stereocenters. The van der Waals surface area contributed by atoms with E-state index in [2.05, 4.69) is 21.3 Å². The maximum Gasteiger partial charge on any atom is 0.232 e. The average molecular weight is 320 g/mol. The number of para-hydroxylation sites is 1. The summed E-state index contributed by atoms with van der Waals surface area (Å²) in [7, 11) is 0. The van der Waals surface area contributed by atoms with Gasteiger partial charge in [-0.1, -0.05) is 18.2 Å². The molecule has 1 aromatic rings. The lowest BCUT2D eigenvalue weighted by molar-refractivity contribution is -0.135. The molecule has 0 atom stereocenters. The number of phenols is 1. The third-order valence-electron chi connectivity index (χ3n) is 3.73. The van der Waals surface area contributed by atoms with Crippen molar-refractivity contribution in [3.63, 3.8) is 0 Å². The SMILES string of the molecule is O=C1NCCNCCNCCNC(=O)C1Cc1ccccc1O. The van der Waals surface area contributed by atoms with E-state index in [1.54, 1.807) is 24.3 Å². The van der Waals surface area contributed by atoms with E-state index in [1.165, 1.54) is 0 Å². The standard InChI is InChI=1S/C16H24N4O3/c21-14-4-2-1-3-12(14)11-13-15(22)19-9-7-17-5-6-18-8-10-20-16(13)23/h1-4,13,17-18,21H,5-11H2,(H,19,22)(H,20,23). The van der Waals surface area contributed by atoms with E-state index < -0.39 is 5.92 Å². The minimum atomic E-state index is -0.857. The molecular formula is C16H24N4O3. The molecule has 1 heterocycles. The normalized spacial score (nSPS) is 19.0. The Labute approximate surface area is 135 Å². The molecule has 1 fully saturated rings. The van der Waals surface area contributed by atoms with Crippen LogP contribution in [0.25, 0.3) is 0 Å². The van der Waals surface area contributed by atoms with Gasteiger partial charge in [0, 0.05) is 39.3 Å². The molecule has 7 heteroatoms. The van der Waals surface area contributed by atoms with Gasteiger partial charge in [0.2, 0.25) is 11.8 Å². The zero-order valence-electron chi connectivity index (χ0n) is 13.1. The molecule has 126 valence electrons. The van der Waals surface area contributed by atoms with Crippen molar-refractivity contribution >= 4 is 11.8 Å². The van der Waals surface area contributed by atoms with E-state index in [0.717, 1.165) is 13.1 Å². The van der Waals surface area contributed by atoms with Crippen LogP contribution in [0.3, 0.4) is 0 Å². The Bertz CT molecular complexity index is 512. The molecule has 1 aliphatic heterocycles. The number of aromatic hydroxyl groups is 1. The summed E-state index contributed by atoms with van der Waals surface area (Å²) in [5.41, 5.74) is 0.586. The van der Waals surface area contributed by atoms with Gasteiger partial charge in [-0.15, -0.1) is 0 Å². The van der Waals surface area contributed by atoms with Crippen LogP contribution in [0.2, 0.25) is 0 Å². The van der Waals surface area contributed by atoms with Crippen molar-refractivity contribution in [2.45, 2.75) is 6.42 Å². The van der Waals surface area contributed by atoms with Gasteiger partial charge in [-0.05, 0) is 18.1 Å². The van der Waals surface area contributed by atoms with Crippen LogP contribution < -0.4 is 21.3 Å². The molecule has 0 radical (unpaired) electrons. The largest absolute Gasteiger partial charge is 0.508 e. The van der Waals surface area contributed by atoms with Gasteiger partial charge < -0.3 is 26.4 Å². The monoisotopic (exact) mass is 320 g/mol. The highest BCUT2D eigenvalue weighted by molar-refractivity contribution is 6.00. The summed E-state index contributed by atoms with van der Waals surface area (Å²) < 4.78 is 0. The van der Waals surface area contributed by atoms with Crippen molar-refractivity contribution in [1.29, 1.82) is 0 Å². The summed E-state index contributed by atoms with van der Waals surface area (Å²) in [5.74, 6) is -1.40. The molecule has 0 aromatic heterocycles. The molecule has 0 saturated carbocycles. The molecule has 0 spiro atoms. The summed E-state index contributed by atoms with van der Waals surface area (Å²) >= 11 is 0. The summed E-state index contributed by atoms with van der Waals surface area (Å²) in [6, 6.07) is 6.76. The topological polar surface area (TPSA) is 102 Å². The van der Waals surface area contributed by atoms with E-state index in [9.17, 15) is 14.7 Å². The number of hydrogen-bond acceptors (Lipinski definition) is 5. The summed E-state index contributed by atoms with van der Waals surface area (Å²) in [5, 5.41) is 21.8. The van der Waals surface area contributed by atoms with Crippen LogP contribution in [-0.4, -0.2) is 56.2 Å². The van der Waals surface area contributed by atoms with Crippen molar-refractivity contribution < 1.29 is 14.7 Å². The van der Waals surface area contributed by atoms with Crippen LogP contribution >= 0.6 is 0 Å². The fourth-order valence-electron chi connectivity index (χ4n) is 2.43. The smallest absolute Gasteiger partial charge is 0.232 e. The van der Waals surface area contributed by atoms with Gasteiger partial charge >= 0.3 is 0 Å². The molecule has 2 amide bonds. The summed E-state index contributed by atoms with van der Waals surface area (Å²) in [6.45, 7) is 3.85. The van der Waals surface area contributed by atoms with Crippen molar-refractivity contribution in [3.8, 4) is 5.75 Å². The lowest BCUT2D eigenvalue weighted by Crippen LogP contribution is -2.44. The highest BCUT2D eigenvalue weighted by Gasteiger charge is 2.27. The molecule has 1 saturated heterocycles. The molecule has 2 rings (SSSR count). The van der Waals surface area contributed by atoms with Crippen LogP contribution in [0.1, 0.15) is 5.56 Å². The maximum absolute atomic E-state index is 12.3. The second kappa shape index (κ2) is 9.12. The molecular weight excluding hydrogens is 296 g/mol. The summed E-state index contributed by atoms with van der Waals surface area (Å²) in [6.07, 6.45) is 0.172. The Morgan fingerprint density at radius 1 is 0.870 bits per heavy atom. The van der Waals surface area contributed by atoms with Crippen molar-refractivity contribution in [2.75, 3.05) is 39.3 Å². The lowest BCUT2D eigenvalue weighted by Gasteiger charge is -2.17. The third kappa shape index (κ3) is 5.54. The highest BCUT2D eigenvalue weighted by Crippen LogP contribution is 2.20. The van der Waals surface area contributed by atoms with Crippen LogP contribution in [-0.2, 0) is 16.0 Å². The van der Waals surface area contributed by atoms with Gasteiger partial charge in [0.15, 0.2) is 0 Å². The van der Waals surface area contributed by atoms with E-state index >= 15 is 0 Å². The van der Waals surface area contributed by atoms with Gasteiger partial charge in [0.1, 0.15) is 11.7 Å². The Morgan fingerprint density at radius 3 is 1.96 bits per heavy atom. The van der Waals surface area contributed by atoms with Crippen molar-refractivity contribution in [2.24, 2.45) is 5.92 Å². The molecule has 1 aromatic carbocycles. The number of amides is 2. The van der Waals surface area contributed by atoms with Gasteiger partial charge in [-0.2, -0.15) is 0 Å². The first-order chi connectivity index (χ1) is 11.2. The molecule has 23 heavy (non-hydrogen) atoms. The first kappa shape index (κ1) is 17.2. The average Bonchev–Trinajstić information content (AvgIpc) is 2.56. The van der Waals surface area contributed by atoms with Crippen LogP contribution in [0.15, 0.2) is 24.3 Å². The number of rotatable bonds is 2. The van der Waals surface area contributed by atoms with Crippen molar-refractivity contribution in [1.82, 2.24) is 21.3 Å². The Balaban J connectivity index is 2.07. The molecule has 0 aliphatic carbocycles. The Hall–Kier alpha value is -2.12. The van der Waals surface area contributed by atoms with Gasteiger partial charge in [0.25, 0.3) is 0 Å². The zero-order valence-corrected chi connectivity index (χ0v) is 13.1. The number of carbonyl (C=O) groups excluding carboxylic acids is 2. The number of phenolic OH excluding ortho intramolecular Hbond substituents is 1. The number of carbonyl (C=O) groups is 2. The lowest BCUT2D eigenvalue weighted by atomic mass is 9.96. The maximum atomic E-state index is 12.3. The van der Waals surface area contributed by atoms with Crippen LogP contribution in [0.5, 0.6) is 5.75 Å². The van der Waals surface area contributed by atoms with E-state index in [0.29, 0.717) is 31.7 Å². The quantitative estimate of drug-likeness (QED) is 0.449. The number of nitrogens with one attached hydrogen (secondary N) is 4. The van der Waals surface area contributed by atoms with Crippen LogP contribution in [0, 0.1) is 5.92 Å². The Kier molecular flexibility index (Phi) is 6.83. The minimum absolute atomic E-state index is 0.0966. The molecule has 0 bridgehead atoms. The van der Waals surface area contributed by atoms with Crippen LogP contribution in [0.4, 0.5) is 0 Å². The van der Waals surface area contributed by atoms with Gasteiger partial charge in [-0.25, -0.2) is 0 Å². The van der Waals surface area contributed by atoms with E-state index in [4.69, 9.17) is 0 Å². The van der Waals surface area contributed by atoms with Gasteiger partial charge in [-0.3, -0.25) is 9.59 Å². The van der Waals surface area contributed by atoms with Crippen molar-refractivity contribution in [3.05, 3.63) is 29.8 Å². The Morgan fingerprint density at radius 2 is 1.39 bits per heavy atom. The minimum Gasteiger partial charge on any atom is -0.508 e. The second-order valence-electron chi connectivity index (χ2n) is 5.47. The predicted octanol–water partition coefficient (Wildman–Crippen LogP) is -1.02. The van der Waals surface area contributed by atoms with E-state index in [-0.39, 0.29) is 24.0 Å². The summed E-state index contributed by atoms with van der Waals surface area (Å²) in [4.78, 5) is 24.7. The van der Waals surface area contributed by atoms with Gasteiger partial charge in [0.05, 0.1) is 0 Å². The number of hydrogen-bond donors (Lipinski definition) is 5. The molecule has 7 nitrogen and oxygen atoms in total. The molecule has 1 aliphatic rings. The first-order valence-electron chi connectivity index (χ1n) is 7.92. The third-order valence-corrected chi connectivity index (χ3v) is 3.73. The zero-order chi connectivity index (χ0) is 16.5. The predicted molar refractivity (Wildman–Crippen MR) is 87.1 cm³/mol.